The van der Waals surface area contributed by atoms with Crippen molar-refractivity contribution in [1.82, 2.24) is 20.1 Å². The lowest BCUT2D eigenvalue weighted by Crippen LogP contribution is -2.24. The minimum absolute atomic E-state index is 0.00809. The number of amides is 1. The van der Waals surface area contributed by atoms with Crippen molar-refractivity contribution in [2.45, 2.75) is 25.3 Å². The highest BCUT2D eigenvalue weighted by molar-refractivity contribution is 7.19. The molecule has 3 aromatic rings. The van der Waals surface area contributed by atoms with Crippen LogP contribution in [0.25, 0.3) is 10.6 Å². The highest BCUT2D eigenvalue weighted by Crippen LogP contribution is 2.34. The van der Waals surface area contributed by atoms with Crippen LogP contribution < -0.4 is 21.7 Å². The summed E-state index contributed by atoms with van der Waals surface area (Å²) >= 11 is 0.857. The Bertz CT molecular complexity index is 1070. The standard InChI is InChI=1S/C20H23F2N7OS/c1-29-18(26-11-4-3-8-24-9-7-11)14(10-25-29)27-19(30)16-17(23)31-20(28-16)15-12(21)5-2-6-13(15)22/h2,5-6,10-11,24,26H,3-4,7-9,23H2,1H3,(H,27,30). The first-order valence-electron chi connectivity index (χ1n) is 9.95. The van der Waals surface area contributed by atoms with E-state index in [0.717, 1.165) is 55.8 Å². The van der Waals surface area contributed by atoms with Gasteiger partial charge in [0.05, 0.1) is 11.8 Å². The lowest BCUT2D eigenvalue weighted by molar-refractivity contribution is 0.102. The molecule has 5 N–H and O–H groups in total. The summed E-state index contributed by atoms with van der Waals surface area (Å²) < 4.78 is 29.8. The Hall–Kier alpha value is -3.05. The maximum atomic E-state index is 14.1. The normalized spacial score (nSPS) is 16.7. The van der Waals surface area contributed by atoms with E-state index in [1.54, 1.807) is 11.7 Å². The van der Waals surface area contributed by atoms with Crippen LogP contribution in [0.5, 0.6) is 0 Å². The Morgan fingerprint density at radius 1 is 1.29 bits per heavy atom. The number of aromatic nitrogens is 3. The average molecular weight is 448 g/mol. The van der Waals surface area contributed by atoms with Crippen molar-refractivity contribution in [3.8, 4) is 10.6 Å². The first kappa shape index (κ1) is 21.2. The molecular formula is C20H23F2N7OS. The van der Waals surface area contributed by atoms with E-state index in [9.17, 15) is 13.6 Å². The number of nitrogens with one attached hydrogen (secondary N) is 3. The molecule has 1 atom stereocenters. The zero-order chi connectivity index (χ0) is 22.0. The Balaban J connectivity index is 1.55. The monoisotopic (exact) mass is 447 g/mol. The predicted molar refractivity (Wildman–Crippen MR) is 117 cm³/mol. The number of halogens is 2. The third-order valence-corrected chi connectivity index (χ3v) is 6.05. The molecule has 1 amide bonds. The maximum Gasteiger partial charge on any atom is 0.277 e. The van der Waals surface area contributed by atoms with Crippen molar-refractivity contribution in [1.29, 1.82) is 0 Å². The van der Waals surface area contributed by atoms with Gasteiger partial charge in [-0.25, -0.2) is 13.8 Å². The quantitative estimate of drug-likeness (QED) is 0.478. The van der Waals surface area contributed by atoms with Gasteiger partial charge in [0.1, 0.15) is 33.1 Å². The van der Waals surface area contributed by atoms with Crippen molar-refractivity contribution in [3.63, 3.8) is 0 Å². The van der Waals surface area contributed by atoms with E-state index in [1.165, 1.54) is 12.3 Å². The number of carbonyl (C=O) groups excluding carboxylic acids is 1. The van der Waals surface area contributed by atoms with E-state index in [1.807, 2.05) is 0 Å². The average Bonchev–Trinajstić information content (AvgIpc) is 3.15. The first-order chi connectivity index (χ1) is 14.9. The molecule has 0 bridgehead atoms. The van der Waals surface area contributed by atoms with Gasteiger partial charge >= 0.3 is 0 Å². The Labute approximate surface area is 181 Å². The topological polar surface area (TPSA) is 110 Å². The van der Waals surface area contributed by atoms with Crippen molar-refractivity contribution in [2.75, 3.05) is 29.5 Å². The lowest BCUT2D eigenvalue weighted by atomic mass is 10.1. The van der Waals surface area contributed by atoms with E-state index in [2.05, 4.69) is 26.0 Å². The number of hydrogen-bond donors (Lipinski definition) is 4. The first-order valence-corrected chi connectivity index (χ1v) is 10.8. The van der Waals surface area contributed by atoms with E-state index < -0.39 is 17.5 Å². The molecule has 0 spiro atoms. The summed E-state index contributed by atoms with van der Waals surface area (Å²) in [7, 11) is 1.78. The minimum atomic E-state index is -0.766. The van der Waals surface area contributed by atoms with Gasteiger partial charge in [0.15, 0.2) is 5.69 Å². The van der Waals surface area contributed by atoms with Crippen molar-refractivity contribution in [3.05, 3.63) is 41.7 Å². The molecule has 1 aliphatic heterocycles. The number of nitrogens with zero attached hydrogens (tertiary/aromatic N) is 3. The van der Waals surface area contributed by atoms with Gasteiger partial charge in [0, 0.05) is 13.1 Å². The molecule has 3 heterocycles. The molecule has 164 valence electrons. The molecular weight excluding hydrogens is 424 g/mol. The molecule has 0 saturated carbocycles. The van der Waals surface area contributed by atoms with E-state index in [0.29, 0.717) is 11.5 Å². The van der Waals surface area contributed by atoms with Crippen LogP contribution >= 0.6 is 11.3 Å². The highest BCUT2D eigenvalue weighted by Gasteiger charge is 2.23. The van der Waals surface area contributed by atoms with Crippen LogP contribution in [-0.4, -0.2) is 39.8 Å². The lowest BCUT2D eigenvalue weighted by Gasteiger charge is -2.18. The fourth-order valence-corrected chi connectivity index (χ4v) is 4.42. The zero-order valence-corrected chi connectivity index (χ0v) is 17.7. The number of carbonyl (C=O) groups is 1. The van der Waals surface area contributed by atoms with Gasteiger partial charge in [-0.3, -0.25) is 9.48 Å². The van der Waals surface area contributed by atoms with Crippen molar-refractivity contribution in [2.24, 2.45) is 7.05 Å². The Morgan fingerprint density at radius 3 is 2.84 bits per heavy atom. The fourth-order valence-electron chi connectivity index (χ4n) is 3.54. The van der Waals surface area contributed by atoms with Crippen LogP contribution in [0.4, 0.5) is 25.3 Å². The summed E-state index contributed by atoms with van der Waals surface area (Å²) in [5, 5.41) is 13.9. The second-order valence-electron chi connectivity index (χ2n) is 7.34. The predicted octanol–water partition coefficient (Wildman–Crippen LogP) is 3.21. The number of aryl methyl sites for hydroxylation is 1. The molecule has 1 aliphatic rings. The minimum Gasteiger partial charge on any atom is -0.389 e. The van der Waals surface area contributed by atoms with Gasteiger partial charge in [0.2, 0.25) is 0 Å². The Kier molecular flexibility index (Phi) is 6.14. The van der Waals surface area contributed by atoms with Crippen LogP contribution in [0.3, 0.4) is 0 Å². The molecule has 0 aliphatic carbocycles. The molecule has 0 radical (unpaired) electrons. The zero-order valence-electron chi connectivity index (χ0n) is 16.9. The Morgan fingerprint density at radius 2 is 2.06 bits per heavy atom. The van der Waals surface area contributed by atoms with Crippen LogP contribution in [0.15, 0.2) is 24.4 Å². The SMILES string of the molecule is Cn1ncc(NC(=O)c2nc(-c3c(F)cccc3F)sc2N)c1NC1CCCNCC1. The number of benzene rings is 1. The molecule has 1 unspecified atom stereocenters. The van der Waals surface area contributed by atoms with Gasteiger partial charge in [-0.1, -0.05) is 17.4 Å². The molecule has 4 rings (SSSR count). The van der Waals surface area contributed by atoms with Gasteiger partial charge < -0.3 is 21.7 Å². The third-order valence-electron chi connectivity index (χ3n) is 5.15. The van der Waals surface area contributed by atoms with E-state index in [4.69, 9.17) is 5.73 Å². The van der Waals surface area contributed by atoms with E-state index in [-0.39, 0.29) is 27.3 Å². The van der Waals surface area contributed by atoms with Crippen molar-refractivity contribution < 1.29 is 13.6 Å². The number of nitrogens with two attached hydrogens (primary N) is 1. The number of rotatable bonds is 5. The number of nitrogen functional groups attached to an aromatic ring is 1. The summed E-state index contributed by atoms with van der Waals surface area (Å²) in [4.78, 5) is 17.0. The molecule has 31 heavy (non-hydrogen) atoms. The third kappa shape index (κ3) is 4.52. The summed E-state index contributed by atoms with van der Waals surface area (Å²) in [5.74, 6) is -1.43. The van der Waals surface area contributed by atoms with Gasteiger partial charge in [-0.15, -0.1) is 0 Å². The van der Waals surface area contributed by atoms with Crippen LogP contribution in [-0.2, 0) is 7.05 Å². The largest absolute Gasteiger partial charge is 0.389 e. The molecule has 11 heteroatoms. The number of anilines is 3. The summed E-state index contributed by atoms with van der Waals surface area (Å²) in [6.07, 6.45) is 4.55. The molecule has 2 aromatic heterocycles. The molecule has 1 fully saturated rings. The smallest absolute Gasteiger partial charge is 0.277 e. The summed E-state index contributed by atoms with van der Waals surface area (Å²) in [6.45, 7) is 1.91. The summed E-state index contributed by atoms with van der Waals surface area (Å²) in [6, 6.07) is 3.78. The second kappa shape index (κ2) is 8.98. The van der Waals surface area contributed by atoms with Crippen LogP contribution in [0, 0.1) is 11.6 Å². The van der Waals surface area contributed by atoms with Crippen LogP contribution in [0.2, 0.25) is 0 Å². The highest BCUT2D eigenvalue weighted by atomic mass is 32.1. The molecule has 1 saturated heterocycles. The number of hydrogen-bond acceptors (Lipinski definition) is 7. The maximum absolute atomic E-state index is 14.1. The van der Waals surface area contributed by atoms with E-state index >= 15 is 0 Å². The number of thiazole rings is 1. The molecule has 1 aromatic carbocycles. The van der Waals surface area contributed by atoms with Gasteiger partial charge in [-0.05, 0) is 44.5 Å². The van der Waals surface area contributed by atoms with Crippen LogP contribution in [0.1, 0.15) is 29.8 Å². The molecule has 8 nitrogen and oxygen atoms in total. The van der Waals surface area contributed by atoms with Crippen molar-refractivity contribution >= 4 is 33.8 Å². The van der Waals surface area contributed by atoms with Gasteiger partial charge in [0.25, 0.3) is 5.91 Å². The fraction of sp³-hybridized carbons (Fsp3) is 0.350. The second-order valence-corrected chi connectivity index (χ2v) is 8.37. The summed E-state index contributed by atoms with van der Waals surface area (Å²) in [5.41, 5.74) is 6.04. The van der Waals surface area contributed by atoms with Gasteiger partial charge in [-0.2, -0.15) is 5.10 Å².